The predicted molar refractivity (Wildman–Crippen MR) is 68.8 cm³/mol. The highest BCUT2D eigenvalue weighted by atomic mass is 16.3. The number of piperidine rings is 1. The van der Waals surface area contributed by atoms with Gasteiger partial charge in [0.2, 0.25) is 5.91 Å². The summed E-state index contributed by atoms with van der Waals surface area (Å²) in [5, 5.41) is 12.6. The minimum Gasteiger partial charge on any atom is -0.392 e. The first kappa shape index (κ1) is 14.5. The quantitative estimate of drug-likeness (QED) is 0.760. The van der Waals surface area contributed by atoms with Crippen molar-refractivity contribution in [1.82, 2.24) is 10.2 Å². The lowest BCUT2D eigenvalue weighted by Crippen LogP contribution is -2.51. The maximum absolute atomic E-state index is 12.0. The van der Waals surface area contributed by atoms with Gasteiger partial charge in [0, 0.05) is 12.6 Å². The predicted octanol–water partition coefficient (Wildman–Crippen LogP) is 1.14. The van der Waals surface area contributed by atoms with Crippen LogP contribution in [0.4, 0.5) is 0 Å². The molecule has 1 rings (SSSR count). The van der Waals surface area contributed by atoms with Crippen molar-refractivity contribution in [2.24, 2.45) is 0 Å². The molecule has 3 atom stereocenters. The zero-order chi connectivity index (χ0) is 12.8. The average molecular weight is 242 g/mol. The first-order valence-corrected chi connectivity index (χ1v) is 6.77. The number of β-amino-alcohol motifs (C(OH)–C–C–N with tert-alkyl or cyclic N) is 1. The number of carbonyl (C=O) groups excluding carboxylic acids is 1. The van der Waals surface area contributed by atoms with Gasteiger partial charge in [-0.05, 0) is 39.7 Å². The Morgan fingerprint density at radius 1 is 1.53 bits per heavy atom. The number of likely N-dealkylation sites (tertiary alicyclic amines) is 1. The van der Waals surface area contributed by atoms with Crippen LogP contribution in [0.1, 0.15) is 46.5 Å². The second kappa shape index (κ2) is 6.97. The van der Waals surface area contributed by atoms with E-state index in [0.29, 0.717) is 6.54 Å². The molecule has 100 valence electrons. The van der Waals surface area contributed by atoms with E-state index >= 15 is 0 Å². The first-order valence-electron chi connectivity index (χ1n) is 6.77. The van der Waals surface area contributed by atoms with Crippen molar-refractivity contribution >= 4 is 5.91 Å². The van der Waals surface area contributed by atoms with Crippen LogP contribution in [0, 0.1) is 0 Å². The van der Waals surface area contributed by atoms with Crippen molar-refractivity contribution in [3.8, 4) is 0 Å². The molecule has 0 aliphatic carbocycles. The summed E-state index contributed by atoms with van der Waals surface area (Å²) in [6.45, 7) is 7.61. The molecular weight excluding hydrogens is 216 g/mol. The number of hydrogen-bond donors (Lipinski definition) is 2. The van der Waals surface area contributed by atoms with Crippen LogP contribution >= 0.6 is 0 Å². The third kappa shape index (κ3) is 4.64. The number of carbonyl (C=O) groups is 1. The van der Waals surface area contributed by atoms with Crippen LogP contribution in [-0.2, 0) is 4.79 Å². The molecule has 1 amide bonds. The van der Waals surface area contributed by atoms with E-state index in [0.717, 1.165) is 32.2 Å². The summed E-state index contributed by atoms with van der Waals surface area (Å²) in [4.78, 5) is 14.1. The molecule has 4 nitrogen and oxygen atoms in total. The number of hydrogen-bond acceptors (Lipinski definition) is 3. The first-order chi connectivity index (χ1) is 8.04. The van der Waals surface area contributed by atoms with E-state index in [-0.39, 0.29) is 24.1 Å². The molecule has 1 aliphatic heterocycles. The molecule has 0 aromatic carbocycles. The molecule has 1 heterocycles. The van der Waals surface area contributed by atoms with Gasteiger partial charge in [-0.25, -0.2) is 0 Å². The second-order valence-electron chi connectivity index (χ2n) is 5.17. The standard InChI is InChI=1S/C13H26N2O2/c1-4-6-10(2)14-13(17)11(3)15-8-5-7-12(16)9-15/h10-12,16H,4-9H2,1-3H3,(H,14,17). The highest BCUT2D eigenvalue weighted by Gasteiger charge is 2.26. The highest BCUT2D eigenvalue weighted by Crippen LogP contribution is 2.13. The van der Waals surface area contributed by atoms with E-state index in [1.807, 2.05) is 13.8 Å². The van der Waals surface area contributed by atoms with Crippen LogP contribution in [0.25, 0.3) is 0 Å². The van der Waals surface area contributed by atoms with Gasteiger partial charge in [-0.15, -0.1) is 0 Å². The summed E-state index contributed by atoms with van der Waals surface area (Å²) >= 11 is 0. The van der Waals surface area contributed by atoms with Crippen molar-refractivity contribution < 1.29 is 9.90 Å². The maximum Gasteiger partial charge on any atom is 0.237 e. The van der Waals surface area contributed by atoms with Gasteiger partial charge >= 0.3 is 0 Å². The molecule has 0 radical (unpaired) electrons. The molecule has 2 N–H and O–H groups in total. The van der Waals surface area contributed by atoms with Crippen LogP contribution in [0.15, 0.2) is 0 Å². The monoisotopic (exact) mass is 242 g/mol. The summed E-state index contributed by atoms with van der Waals surface area (Å²) < 4.78 is 0. The Balaban J connectivity index is 2.39. The normalized spacial score (nSPS) is 25.3. The molecule has 0 saturated carbocycles. The zero-order valence-corrected chi connectivity index (χ0v) is 11.3. The van der Waals surface area contributed by atoms with Gasteiger partial charge in [-0.1, -0.05) is 13.3 Å². The Morgan fingerprint density at radius 3 is 2.82 bits per heavy atom. The summed E-state index contributed by atoms with van der Waals surface area (Å²) in [6, 6.07) is 0.105. The molecule has 4 heteroatoms. The second-order valence-corrected chi connectivity index (χ2v) is 5.17. The average Bonchev–Trinajstić information content (AvgIpc) is 2.28. The third-order valence-electron chi connectivity index (χ3n) is 3.47. The summed E-state index contributed by atoms with van der Waals surface area (Å²) in [5.74, 6) is 0.0834. The van der Waals surface area contributed by atoms with E-state index in [2.05, 4.69) is 17.1 Å². The van der Waals surface area contributed by atoms with Gasteiger partial charge in [-0.3, -0.25) is 9.69 Å². The largest absolute Gasteiger partial charge is 0.392 e. The Bertz CT molecular complexity index is 246. The van der Waals surface area contributed by atoms with Crippen molar-refractivity contribution in [2.75, 3.05) is 13.1 Å². The van der Waals surface area contributed by atoms with Crippen LogP contribution in [0.2, 0.25) is 0 Å². The molecule has 1 saturated heterocycles. The van der Waals surface area contributed by atoms with E-state index in [1.165, 1.54) is 0 Å². The summed E-state index contributed by atoms with van der Waals surface area (Å²) in [7, 11) is 0. The molecule has 0 spiro atoms. The topological polar surface area (TPSA) is 52.6 Å². The zero-order valence-electron chi connectivity index (χ0n) is 11.3. The fourth-order valence-corrected chi connectivity index (χ4v) is 2.37. The van der Waals surface area contributed by atoms with Crippen LogP contribution < -0.4 is 5.32 Å². The van der Waals surface area contributed by atoms with E-state index in [1.54, 1.807) is 0 Å². The fraction of sp³-hybridized carbons (Fsp3) is 0.923. The molecule has 3 unspecified atom stereocenters. The van der Waals surface area contributed by atoms with Crippen molar-refractivity contribution in [1.29, 1.82) is 0 Å². The van der Waals surface area contributed by atoms with Crippen molar-refractivity contribution in [2.45, 2.75) is 64.6 Å². The van der Waals surface area contributed by atoms with E-state index in [4.69, 9.17) is 0 Å². The van der Waals surface area contributed by atoms with Gasteiger partial charge in [0.05, 0.1) is 12.1 Å². The third-order valence-corrected chi connectivity index (χ3v) is 3.47. The molecule has 0 aromatic heterocycles. The Labute approximate surface area is 104 Å². The molecule has 0 bridgehead atoms. The lowest BCUT2D eigenvalue weighted by atomic mass is 10.1. The minimum atomic E-state index is -0.271. The number of rotatable bonds is 5. The van der Waals surface area contributed by atoms with E-state index < -0.39 is 0 Å². The van der Waals surface area contributed by atoms with Gasteiger partial charge in [-0.2, -0.15) is 0 Å². The van der Waals surface area contributed by atoms with Gasteiger partial charge in [0.15, 0.2) is 0 Å². The van der Waals surface area contributed by atoms with Gasteiger partial charge in [0.25, 0.3) is 0 Å². The minimum absolute atomic E-state index is 0.0834. The van der Waals surface area contributed by atoms with Gasteiger partial charge in [0.1, 0.15) is 0 Å². The molecule has 1 aliphatic rings. The number of amides is 1. The summed E-state index contributed by atoms with van der Waals surface area (Å²) in [5.41, 5.74) is 0. The number of nitrogens with zero attached hydrogens (tertiary/aromatic N) is 1. The SMILES string of the molecule is CCCC(C)NC(=O)C(C)N1CCCC(O)C1. The Morgan fingerprint density at radius 2 is 2.24 bits per heavy atom. The van der Waals surface area contributed by atoms with Crippen LogP contribution in [-0.4, -0.2) is 47.2 Å². The van der Waals surface area contributed by atoms with E-state index in [9.17, 15) is 9.90 Å². The Kier molecular flexibility index (Phi) is 5.92. The molecule has 0 aromatic rings. The Hall–Kier alpha value is -0.610. The number of aliphatic hydroxyl groups excluding tert-OH is 1. The molecular formula is C13H26N2O2. The van der Waals surface area contributed by atoms with Crippen molar-refractivity contribution in [3.63, 3.8) is 0 Å². The number of aliphatic hydroxyl groups is 1. The maximum atomic E-state index is 12.0. The lowest BCUT2D eigenvalue weighted by molar-refractivity contribution is -0.127. The lowest BCUT2D eigenvalue weighted by Gasteiger charge is -2.34. The number of nitrogens with one attached hydrogen (secondary N) is 1. The highest BCUT2D eigenvalue weighted by molar-refractivity contribution is 5.81. The molecule has 1 fully saturated rings. The van der Waals surface area contributed by atoms with Gasteiger partial charge < -0.3 is 10.4 Å². The fourth-order valence-electron chi connectivity index (χ4n) is 2.37. The van der Waals surface area contributed by atoms with Crippen LogP contribution in [0.5, 0.6) is 0 Å². The summed E-state index contributed by atoms with van der Waals surface area (Å²) in [6.07, 6.45) is 3.66. The smallest absolute Gasteiger partial charge is 0.237 e. The van der Waals surface area contributed by atoms with Crippen LogP contribution in [0.3, 0.4) is 0 Å². The molecule has 17 heavy (non-hydrogen) atoms. The van der Waals surface area contributed by atoms with Crippen molar-refractivity contribution in [3.05, 3.63) is 0 Å².